The first kappa shape index (κ1) is 37.9. The summed E-state index contributed by atoms with van der Waals surface area (Å²) in [5, 5.41) is 3.15. The molecule has 0 nitrogen and oxygen atoms in total. The van der Waals surface area contributed by atoms with Gasteiger partial charge in [-0.25, -0.2) is 0 Å². The van der Waals surface area contributed by atoms with Crippen molar-refractivity contribution in [3.05, 3.63) is 140 Å². The van der Waals surface area contributed by atoms with E-state index in [4.69, 9.17) is 0 Å². The maximum atomic E-state index is 2.70. The van der Waals surface area contributed by atoms with Crippen LogP contribution >= 0.6 is 0 Å². The Labute approximate surface area is 305 Å². The molecule has 6 rings (SSSR count). The Morgan fingerprint density at radius 1 is 0.553 bits per heavy atom. The molecule has 0 bridgehead atoms. The summed E-state index contributed by atoms with van der Waals surface area (Å²) in [4.78, 5) is 0. The summed E-state index contributed by atoms with van der Waals surface area (Å²) >= 11 is -2.63. The molecule has 4 aromatic rings. The van der Waals surface area contributed by atoms with Crippen molar-refractivity contribution in [1.82, 2.24) is 0 Å². The minimum atomic E-state index is -2.63. The fourth-order valence-corrected chi connectivity index (χ4v) is 30.4. The number of benzene rings is 4. The fourth-order valence-electron chi connectivity index (χ4n) is 7.13. The molecule has 0 spiro atoms. The third-order valence-corrected chi connectivity index (χ3v) is 29.8. The predicted octanol–water partition coefficient (Wildman–Crippen LogP) is 4.29. The minimum absolute atomic E-state index is 0. The maximum absolute atomic E-state index is 2.70. The molecule has 1 unspecified atom stereocenters. The summed E-state index contributed by atoms with van der Waals surface area (Å²) < 4.78 is 2.28. The summed E-state index contributed by atoms with van der Waals surface area (Å²) in [7, 11) is 0. The number of fused-ring (bicyclic) bond motifs is 3. The number of rotatable bonds is 4. The molecule has 0 fully saturated rings. The van der Waals surface area contributed by atoms with Crippen LogP contribution in [0.2, 0.25) is 0 Å². The molecule has 4 heteroatoms. The first-order chi connectivity index (χ1) is 21.1. The van der Waals surface area contributed by atoms with E-state index >= 15 is 0 Å². The molecule has 0 heterocycles. The van der Waals surface area contributed by atoms with Gasteiger partial charge in [-0.2, -0.15) is 0 Å². The zero-order valence-electron chi connectivity index (χ0n) is 29.8. The van der Waals surface area contributed by atoms with E-state index in [0.717, 1.165) is 0 Å². The van der Waals surface area contributed by atoms with Crippen molar-refractivity contribution in [2.24, 2.45) is 11.3 Å². The van der Waals surface area contributed by atoms with Gasteiger partial charge in [0.05, 0.1) is 0 Å². The molecular weight excluding hydrogens is 707 g/mol. The van der Waals surface area contributed by atoms with Gasteiger partial charge in [-0.05, 0) is 0 Å². The Kier molecular flexibility index (Phi) is 11.4. The van der Waals surface area contributed by atoms with Crippen LogP contribution in [0.4, 0.5) is 0 Å². The smallest absolute Gasteiger partial charge is 1.00 e. The Morgan fingerprint density at radius 2 is 0.979 bits per heavy atom. The molecule has 1 atom stereocenters. The molecule has 2 aliphatic carbocycles. The standard InChI is InChI=1S/C21H25.C12H10Si.C10H15.2ClH.Zr/c1-20(2,3)16-9-7-14-11-15-8-10-17(21(4,5)6)13-19(15)18(14)12-16;1-3-7-11(8-4-1)13-12-9-5-2-6-10-12;1-8-5-6-9(7-8)10(2,3)4;;;/h7-13H,1-6H3;1-10H;6-8H,1-4H3;2*1H;/q;;;;;+2/p-2. The van der Waals surface area contributed by atoms with Crippen molar-refractivity contribution in [3.63, 3.8) is 0 Å². The van der Waals surface area contributed by atoms with Crippen LogP contribution < -0.4 is 35.2 Å². The summed E-state index contributed by atoms with van der Waals surface area (Å²) in [5.74, 6) is 0.483. The second kappa shape index (κ2) is 14.1. The SMILES string of the molecule is CC1C=C(C(C)(C)C)C=[C]1[Zr+2]([CH]1c2ccc(C(C)(C)C)cc2-c2cc(C(C)(C)C)ccc21)=[Si](c1ccccc1)c1ccccc1.[Cl-].[Cl-]. The van der Waals surface area contributed by atoms with Gasteiger partial charge in [-0.1, -0.05) is 0 Å². The van der Waals surface area contributed by atoms with E-state index in [1.165, 1.54) is 27.8 Å². The second-order valence-corrected chi connectivity index (χ2v) is 30.0. The van der Waals surface area contributed by atoms with Crippen LogP contribution in [-0.2, 0) is 31.2 Å². The summed E-state index contributed by atoms with van der Waals surface area (Å²) in [5.41, 5.74) is 9.83. The third-order valence-electron chi connectivity index (χ3n) is 9.84. The maximum Gasteiger partial charge on any atom is -1.00 e. The number of hydrogen-bond acceptors (Lipinski definition) is 0. The summed E-state index contributed by atoms with van der Waals surface area (Å²) in [6, 6.07) is 38.4. The van der Waals surface area contributed by atoms with Gasteiger partial charge in [0.2, 0.25) is 0 Å². The van der Waals surface area contributed by atoms with Crippen molar-refractivity contribution in [2.75, 3.05) is 0 Å². The molecule has 244 valence electrons. The van der Waals surface area contributed by atoms with Crippen LogP contribution in [0.15, 0.2) is 118 Å². The molecule has 0 amide bonds. The van der Waals surface area contributed by atoms with Gasteiger partial charge < -0.3 is 24.8 Å². The van der Waals surface area contributed by atoms with E-state index in [2.05, 4.69) is 178 Å². The molecule has 0 aliphatic heterocycles. The molecule has 4 aromatic carbocycles. The van der Waals surface area contributed by atoms with Crippen molar-refractivity contribution >= 4 is 15.8 Å². The van der Waals surface area contributed by atoms with Crippen molar-refractivity contribution in [3.8, 4) is 11.1 Å². The van der Waals surface area contributed by atoms with E-state index in [1.54, 1.807) is 24.8 Å². The second-order valence-electron chi connectivity index (χ2n) is 16.3. The zero-order chi connectivity index (χ0) is 32.3. The Bertz CT molecular complexity index is 1740. The van der Waals surface area contributed by atoms with Gasteiger partial charge in [0.15, 0.2) is 0 Å². The summed E-state index contributed by atoms with van der Waals surface area (Å²) in [6.45, 7) is 23.8. The van der Waals surface area contributed by atoms with Crippen LogP contribution in [0, 0.1) is 11.3 Å². The molecule has 0 radical (unpaired) electrons. The average molecular weight is 757 g/mol. The van der Waals surface area contributed by atoms with Gasteiger partial charge in [0.1, 0.15) is 0 Å². The van der Waals surface area contributed by atoms with Crippen molar-refractivity contribution in [1.29, 1.82) is 0 Å². The Balaban J connectivity index is 0.00000250. The first-order valence-electron chi connectivity index (χ1n) is 16.7. The minimum Gasteiger partial charge on any atom is -1.00 e. The van der Waals surface area contributed by atoms with E-state index in [-0.39, 0.29) is 41.1 Å². The van der Waals surface area contributed by atoms with E-state index in [1.807, 2.05) is 0 Å². The van der Waals surface area contributed by atoms with Crippen LogP contribution in [-0.4, -0.2) is 5.43 Å². The largest absolute Gasteiger partial charge is 1.00 e. The molecule has 0 N–H and O–H groups in total. The van der Waals surface area contributed by atoms with Gasteiger partial charge >= 0.3 is 283 Å². The molecule has 0 aromatic heterocycles. The Morgan fingerprint density at radius 3 is 1.34 bits per heavy atom. The van der Waals surface area contributed by atoms with Crippen LogP contribution in [0.1, 0.15) is 95.1 Å². The quantitative estimate of drug-likeness (QED) is 0.273. The van der Waals surface area contributed by atoms with Crippen LogP contribution in [0.25, 0.3) is 11.1 Å². The Hall–Kier alpha value is -1.96. The molecule has 47 heavy (non-hydrogen) atoms. The van der Waals surface area contributed by atoms with Crippen LogP contribution in [0.5, 0.6) is 0 Å². The summed E-state index contributed by atoms with van der Waals surface area (Å²) in [6.07, 6.45) is 5.30. The molecule has 2 aliphatic rings. The fraction of sp³-hybridized carbons (Fsp3) is 0.349. The van der Waals surface area contributed by atoms with E-state index < -0.39 is 25.8 Å². The first-order valence-corrected chi connectivity index (χ1v) is 24.6. The molecular formula is C43H50Cl2SiZr. The average Bonchev–Trinajstić information content (AvgIpc) is 3.53. The van der Waals surface area contributed by atoms with Gasteiger partial charge in [-0.15, -0.1) is 0 Å². The van der Waals surface area contributed by atoms with E-state index in [9.17, 15) is 0 Å². The predicted molar refractivity (Wildman–Crippen MR) is 194 cm³/mol. The number of halogens is 2. The van der Waals surface area contributed by atoms with Crippen LogP contribution in [0.3, 0.4) is 0 Å². The van der Waals surface area contributed by atoms with Gasteiger partial charge in [0, 0.05) is 0 Å². The van der Waals surface area contributed by atoms with Crippen molar-refractivity contribution < 1.29 is 45.2 Å². The number of hydrogen-bond donors (Lipinski definition) is 0. The van der Waals surface area contributed by atoms with Gasteiger partial charge in [0.25, 0.3) is 0 Å². The molecule has 0 saturated carbocycles. The van der Waals surface area contributed by atoms with Crippen molar-refractivity contribution in [2.45, 2.75) is 83.7 Å². The molecule has 0 saturated heterocycles. The topological polar surface area (TPSA) is 0 Å². The monoisotopic (exact) mass is 754 g/mol. The number of allylic oxidation sites excluding steroid dienone is 4. The third kappa shape index (κ3) is 7.48. The van der Waals surface area contributed by atoms with Gasteiger partial charge in [-0.3, -0.25) is 0 Å². The van der Waals surface area contributed by atoms with E-state index in [0.29, 0.717) is 9.54 Å². The zero-order valence-corrected chi connectivity index (χ0v) is 34.8. The normalized spacial score (nSPS) is 15.7.